The van der Waals surface area contributed by atoms with Gasteiger partial charge in [0, 0.05) is 45.2 Å². The Bertz CT molecular complexity index is 669. The van der Waals surface area contributed by atoms with Crippen LogP contribution in [0.4, 0.5) is 9.18 Å². The first-order valence-electron chi connectivity index (χ1n) is 10.1. The van der Waals surface area contributed by atoms with Gasteiger partial charge in [-0.25, -0.2) is 9.18 Å². The second-order valence-corrected chi connectivity index (χ2v) is 8.12. The molecule has 6 nitrogen and oxygen atoms in total. The third-order valence-corrected chi connectivity index (χ3v) is 6.20. The van der Waals surface area contributed by atoms with E-state index in [0.717, 1.165) is 44.3 Å². The Morgan fingerprint density at radius 1 is 1.36 bits per heavy atom. The molecule has 1 saturated carbocycles. The molecule has 7 heteroatoms. The van der Waals surface area contributed by atoms with E-state index in [1.54, 1.807) is 7.05 Å². The topological polar surface area (TPSA) is 61.9 Å². The second-order valence-electron chi connectivity index (χ2n) is 8.12. The van der Waals surface area contributed by atoms with Crippen LogP contribution in [0.5, 0.6) is 0 Å². The third kappa shape index (κ3) is 5.08. The molecule has 28 heavy (non-hydrogen) atoms. The quantitative estimate of drug-likeness (QED) is 0.545. The lowest BCUT2D eigenvalue weighted by atomic mass is 9.98. The molecule has 0 spiro atoms. The van der Waals surface area contributed by atoms with E-state index in [9.17, 15) is 14.0 Å². The highest BCUT2D eigenvalue weighted by Gasteiger charge is 2.43. The summed E-state index contributed by atoms with van der Waals surface area (Å²) in [6.45, 7) is 4.69. The van der Waals surface area contributed by atoms with Gasteiger partial charge < -0.3 is 14.5 Å². The van der Waals surface area contributed by atoms with Crippen LogP contribution in [0, 0.1) is 17.7 Å². The predicted molar refractivity (Wildman–Crippen MR) is 104 cm³/mol. The summed E-state index contributed by atoms with van der Waals surface area (Å²) in [7, 11) is 1.69. The first-order valence-corrected chi connectivity index (χ1v) is 10.1. The van der Waals surface area contributed by atoms with Gasteiger partial charge in [-0.1, -0.05) is 12.1 Å². The average Bonchev–Trinajstić information content (AvgIpc) is 3.25. The Balaban J connectivity index is 1.45. The van der Waals surface area contributed by atoms with Crippen molar-refractivity contribution in [3.8, 4) is 0 Å². The number of likely N-dealkylation sites (tertiary alicyclic amines) is 1. The van der Waals surface area contributed by atoms with Gasteiger partial charge in [-0.05, 0) is 55.7 Å². The molecule has 2 aliphatic rings. The normalized spacial score (nSPS) is 25.3. The Hall–Kier alpha value is -1.99. The average molecular weight is 391 g/mol. The van der Waals surface area contributed by atoms with E-state index in [1.165, 1.54) is 17.0 Å². The van der Waals surface area contributed by atoms with Crippen LogP contribution in [0.25, 0.3) is 0 Å². The number of carbonyl (C=O) groups excluding carboxylic acids is 2. The molecule has 1 aliphatic heterocycles. The molecule has 154 valence electrons. The monoisotopic (exact) mass is 391 g/mol. The number of nitrogens with one attached hydrogen (secondary N) is 1. The van der Waals surface area contributed by atoms with Crippen LogP contribution in [0.2, 0.25) is 0 Å². The molecule has 1 heterocycles. The first-order chi connectivity index (χ1) is 13.5. The summed E-state index contributed by atoms with van der Waals surface area (Å²) in [4.78, 5) is 32.0. The number of hydrogen-bond donors (Lipinski definition) is 1. The van der Waals surface area contributed by atoms with Gasteiger partial charge in [0.15, 0.2) is 0 Å². The Morgan fingerprint density at radius 3 is 2.82 bits per heavy atom. The molecular formula is C21H30FN3O3. The molecule has 1 aliphatic carbocycles. The highest BCUT2D eigenvalue weighted by Crippen LogP contribution is 2.38. The molecule has 1 saturated heterocycles. The van der Waals surface area contributed by atoms with Gasteiger partial charge in [-0.15, -0.1) is 5.48 Å². The number of carbonyl (C=O) groups is 2. The van der Waals surface area contributed by atoms with Crippen molar-refractivity contribution in [3.63, 3.8) is 0 Å². The molecule has 3 rings (SSSR count). The number of fused-ring (bicyclic) bond motifs is 1. The fourth-order valence-electron chi connectivity index (χ4n) is 4.36. The van der Waals surface area contributed by atoms with Crippen LogP contribution < -0.4 is 5.48 Å². The van der Waals surface area contributed by atoms with E-state index in [-0.39, 0.29) is 17.9 Å². The zero-order chi connectivity index (χ0) is 20.1. The van der Waals surface area contributed by atoms with Gasteiger partial charge in [0.1, 0.15) is 12.1 Å². The van der Waals surface area contributed by atoms with Crippen LogP contribution in [-0.4, -0.2) is 54.4 Å². The maximum absolute atomic E-state index is 13.1. The van der Waals surface area contributed by atoms with E-state index in [1.807, 2.05) is 19.1 Å². The number of amides is 1. The largest absolute Gasteiger partial charge is 0.428 e. The van der Waals surface area contributed by atoms with Crippen molar-refractivity contribution >= 4 is 12.4 Å². The molecule has 4 atom stereocenters. The fraction of sp³-hybridized carbons (Fsp3) is 0.619. The zero-order valence-electron chi connectivity index (χ0n) is 16.6. The Kier molecular flexibility index (Phi) is 7.02. The molecule has 0 aromatic heterocycles. The molecule has 1 amide bonds. The Labute approximate surface area is 166 Å². The van der Waals surface area contributed by atoms with Crippen molar-refractivity contribution in [2.45, 2.75) is 51.2 Å². The van der Waals surface area contributed by atoms with E-state index < -0.39 is 6.09 Å². The van der Waals surface area contributed by atoms with Gasteiger partial charge in [0.2, 0.25) is 0 Å². The molecule has 2 fully saturated rings. The van der Waals surface area contributed by atoms with Gasteiger partial charge in [-0.3, -0.25) is 4.90 Å². The third-order valence-electron chi connectivity index (χ3n) is 6.20. The lowest BCUT2D eigenvalue weighted by molar-refractivity contribution is -0.108. The van der Waals surface area contributed by atoms with Gasteiger partial charge in [0.25, 0.3) is 0 Å². The van der Waals surface area contributed by atoms with E-state index >= 15 is 0 Å². The van der Waals surface area contributed by atoms with Gasteiger partial charge in [-0.2, -0.15) is 0 Å². The lowest BCUT2D eigenvalue weighted by Gasteiger charge is -2.26. The summed E-state index contributed by atoms with van der Waals surface area (Å²) >= 11 is 0. The predicted octanol–water partition coefficient (Wildman–Crippen LogP) is 2.98. The van der Waals surface area contributed by atoms with Crippen molar-refractivity contribution in [2.75, 3.05) is 20.1 Å². The number of hydrogen-bond acceptors (Lipinski definition) is 5. The molecule has 0 unspecified atom stereocenters. The fourth-order valence-corrected chi connectivity index (χ4v) is 4.36. The minimum atomic E-state index is -0.414. The van der Waals surface area contributed by atoms with Crippen LogP contribution in [-0.2, 0) is 16.2 Å². The lowest BCUT2D eigenvalue weighted by Crippen LogP contribution is -2.43. The van der Waals surface area contributed by atoms with Crippen molar-refractivity contribution < 1.29 is 18.8 Å². The van der Waals surface area contributed by atoms with Crippen LogP contribution in [0.3, 0.4) is 0 Å². The van der Waals surface area contributed by atoms with E-state index in [2.05, 4.69) is 10.4 Å². The summed E-state index contributed by atoms with van der Waals surface area (Å²) < 4.78 is 13.1. The number of benzene rings is 1. The highest BCUT2D eigenvalue weighted by atomic mass is 19.1. The molecule has 0 radical (unpaired) electrons. The summed E-state index contributed by atoms with van der Waals surface area (Å²) in [6.07, 6.45) is 3.63. The second kappa shape index (κ2) is 9.47. The summed E-state index contributed by atoms with van der Waals surface area (Å²) in [5.74, 6) is 0.838. The molecular weight excluding hydrogens is 361 g/mol. The Morgan fingerprint density at radius 2 is 2.11 bits per heavy atom. The minimum Gasteiger partial charge on any atom is -0.353 e. The van der Waals surface area contributed by atoms with Gasteiger partial charge >= 0.3 is 6.09 Å². The summed E-state index contributed by atoms with van der Waals surface area (Å²) in [6, 6.07) is 6.79. The van der Waals surface area contributed by atoms with E-state index in [4.69, 9.17) is 4.84 Å². The maximum Gasteiger partial charge on any atom is 0.428 e. The number of rotatable bonds is 8. The van der Waals surface area contributed by atoms with Crippen molar-refractivity contribution in [1.29, 1.82) is 0 Å². The highest BCUT2D eigenvalue weighted by molar-refractivity contribution is 5.67. The van der Waals surface area contributed by atoms with Crippen molar-refractivity contribution in [2.24, 2.45) is 11.8 Å². The smallest absolute Gasteiger partial charge is 0.353 e. The maximum atomic E-state index is 13.1. The molecule has 1 N–H and O–H groups in total. The summed E-state index contributed by atoms with van der Waals surface area (Å²) in [5.41, 5.74) is 4.11. The minimum absolute atomic E-state index is 0.0477. The number of hydroxylamine groups is 1. The standard InChI is InChI=1S/C21H30FN3O3/c1-15(4-3-11-26)24(2)21(27)28-23-20-10-7-17-13-25(14-19(17)20)12-16-5-8-18(22)9-6-16/h5-6,8-9,11,15,17,19-20,23H,3-4,7,10,12-14H2,1-2H3/t15-,17-,19+,20+/m0/s1. The molecule has 0 bridgehead atoms. The molecule has 1 aromatic carbocycles. The number of halogens is 1. The molecule has 1 aromatic rings. The summed E-state index contributed by atoms with van der Waals surface area (Å²) in [5, 5.41) is 0. The van der Waals surface area contributed by atoms with E-state index in [0.29, 0.717) is 24.7 Å². The van der Waals surface area contributed by atoms with Crippen LogP contribution >= 0.6 is 0 Å². The van der Waals surface area contributed by atoms with Gasteiger partial charge in [0.05, 0.1) is 0 Å². The number of nitrogens with zero attached hydrogens (tertiary/aromatic N) is 2. The first kappa shape index (κ1) is 20.7. The SMILES string of the molecule is C[C@@H](CCC=O)N(C)C(=O)ON[C@@H]1CC[C@H]2CN(Cc3ccc(F)cc3)C[C@H]21. The van der Waals surface area contributed by atoms with Crippen LogP contribution in [0.15, 0.2) is 24.3 Å². The van der Waals surface area contributed by atoms with Crippen molar-refractivity contribution in [1.82, 2.24) is 15.3 Å². The zero-order valence-corrected chi connectivity index (χ0v) is 16.6. The number of aldehydes is 1. The van der Waals surface area contributed by atoms with Crippen LogP contribution in [0.1, 0.15) is 38.2 Å². The van der Waals surface area contributed by atoms with Crippen molar-refractivity contribution in [3.05, 3.63) is 35.6 Å².